The average molecular weight is 725 g/mol. The summed E-state index contributed by atoms with van der Waals surface area (Å²) in [6.45, 7) is 7.01. The minimum atomic E-state index is -4.23. The zero-order valence-electron chi connectivity index (χ0n) is 26.4. The van der Waals surface area contributed by atoms with Gasteiger partial charge >= 0.3 is 0 Å². The molecule has 0 spiro atoms. The van der Waals surface area contributed by atoms with E-state index in [9.17, 15) is 18.0 Å². The predicted octanol–water partition coefficient (Wildman–Crippen LogP) is 7.47. The van der Waals surface area contributed by atoms with Crippen LogP contribution in [0.5, 0.6) is 0 Å². The average Bonchev–Trinajstić information content (AvgIpc) is 3.03. The molecule has 1 N–H and O–H groups in total. The predicted molar refractivity (Wildman–Crippen MR) is 188 cm³/mol. The third-order valence-electron chi connectivity index (χ3n) is 7.91. The van der Waals surface area contributed by atoms with Crippen molar-refractivity contribution in [1.29, 1.82) is 0 Å². The van der Waals surface area contributed by atoms with E-state index in [4.69, 9.17) is 11.6 Å². The Labute approximate surface area is 285 Å². The molecule has 4 aromatic carbocycles. The number of aryl methyl sites for hydroxylation is 1. The van der Waals surface area contributed by atoms with Gasteiger partial charge in [-0.1, -0.05) is 101 Å². The van der Waals surface area contributed by atoms with Crippen molar-refractivity contribution in [2.75, 3.05) is 10.8 Å². The van der Waals surface area contributed by atoms with E-state index in [2.05, 4.69) is 21.2 Å². The number of rotatable bonds is 13. The highest BCUT2D eigenvalue weighted by Gasteiger charge is 2.35. The van der Waals surface area contributed by atoms with Crippen LogP contribution in [0.2, 0.25) is 5.02 Å². The van der Waals surface area contributed by atoms with Gasteiger partial charge in [-0.25, -0.2) is 8.42 Å². The van der Waals surface area contributed by atoms with Crippen molar-refractivity contribution in [2.24, 2.45) is 0 Å². The molecule has 46 heavy (non-hydrogen) atoms. The fraction of sp³-hybridized carbons (Fsp3) is 0.278. The summed E-state index contributed by atoms with van der Waals surface area (Å²) < 4.78 is 30.5. The second-order valence-corrected chi connectivity index (χ2v) is 14.6. The Morgan fingerprint density at radius 1 is 0.891 bits per heavy atom. The zero-order valence-corrected chi connectivity index (χ0v) is 29.6. The summed E-state index contributed by atoms with van der Waals surface area (Å²) in [4.78, 5) is 30.1. The van der Waals surface area contributed by atoms with Crippen LogP contribution in [0.3, 0.4) is 0 Å². The highest BCUT2D eigenvalue weighted by molar-refractivity contribution is 9.10. The van der Waals surface area contributed by atoms with Gasteiger partial charge in [-0.2, -0.15) is 0 Å². The number of amides is 2. The first kappa shape index (κ1) is 35.2. The fourth-order valence-electron chi connectivity index (χ4n) is 5.04. The summed E-state index contributed by atoms with van der Waals surface area (Å²) in [5.74, 6) is -0.844. The van der Waals surface area contributed by atoms with E-state index >= 15 is 0 Å². The van der Waals surface area contributed by atoms with Gasteiger partial charge in [-0.05, 0) is 80.3 Å². The van der Waals surface area contributed by atoms with Crippen LogP contribution in [0, 0.1) is 13.8 Å². The SMILES string of the molecule is CCC(C)NC(=O)C(Cc1ccccc1)N(Cc1cccc(Br)c1)C(=O)CN(c1cccc(Cl)c1C)S(=O)(=O)c1ccc(C)cc1. The summed E-state index contributed by atoms with van der Waals surface area (Å²) in [5, 5.41) is 3.42. The molecule has 4 aromatic rings. The van der Waals surface area contributed by atoms with E-state index in [1.165, 1.54) is 17.0 Å². The summed E-state index contributed by atoms with van der Waals surface area (Å²) in [7, 11) is -4.23. The van der Waals surface area contributed by atoms with E-state index in [1.54, 1.807) is 37.3 Å². The van der Waals surface area contributed by atoms with E-state index in [-0.39, 0.29) is 35.5 Å². The second kappa shape index (κ2) is 15.8. The maximum absolute atomic E-state index is 14.6. The van der Waals surface area contributed by atoms with Gasteiger partial charge < -0.3 is 10.2 Å². The Hall–Kier alpha value is -3.66. The van der Waals surface area contributed by atoms with Crippen molar-refractivity contribution in [3.05, 3.63) is 129 Å². The molecule has 2 unspecified atom stereocenters. The molecule has 0 fully saturated rings. The molecule has 0 aliphatic rings. The lowest BCUT2D eigenvalue weighted by molar-refractivity contribution is -0.140. The number of nitrogens with one attached hydrogen (secondary N) is 1. The molecular formula is C36H39BrClN3O4S. The van der Waals surface area contributed by atoms with E-state index in [1.807, 2.05) is 75.4 Å². The zero-order chi connectivity index (χ0) is 33.4. The van der Waals surface area contributed by atoms with Crippen LogP contribution in [0.15, 0.2) is 106 Å². The standard InChI is InChI=1S/C36H39BrClN3O4S/c1-5-26(3)39-36(43)34(22-28-11-7-6-8-12-28)40(23-29-13-9-14-30(37)21-29)35(42)24-41(33-16-10-15-32(38)27(33)4)46(44,45)31-19-17-25(2)18-20-31/h6-21,26,34H,5,22-24H2,1-4H3,(H,39,43). The molecule has 0 heterocycles. The van der Waals surface area contributed by atoms with Gasteiger partial charge in [-0.15, -0.1) is 0 Å². The molecule has 242 valence electrons. The molecule has 10 heteroatoms. The van der Waals surface area contributed by atoms with Crippen molar-refractivity contribution in [3.8, 4) is 0 Å². The fourth-order valence-corrected chi connectivity index (χ4v) is 7.13. The molecule has 0 saturated carbocycles. The first-order valence-corrected chi connectivity index (χ1v) is 17.7. The number of sulfonamides is 1. The van der Waals surface area contributed by atoms with Crippen LogP contribution in [-0.4, -0.2) is 43.8 Å². The molecule has 0 radical (unpaired) electrons. The quantitative estimate of drug-likeness (QED) is 0.155. The Bertz CT molecular complexity index is 1770. The maximum Gasteiger partial charge on any atom is 0.264 e. The molecule has 0 aliphatic heterocycles. The van der Waals surface area contributed by atoms with E-state index < -0.39 is 28.5 Å². The molecular weight excluding hydrogens is 686 g/mol. The normalized spacial score (nSPS) is 12.7. The first-order chi connectivity index (χ1) is 21.9. The topological polar surface area (TPSA) is 86.8 Å². The van der Waals surface area contributed by atoms with E-state index in [0.29, 0.717) is 17.0 Å². The van der Waals surface area contributed by atoms with Gasteiger partial charge in [0.25, 0.3) is 10.0 Å². The van der Waals surface area contributed by atoms with Gasteiger partial charge in [0, 0.05) is 28.5 Å². The first-order valence-electron chi connectivity index (χ1n) is 15.1. The summed E-state index contributed by atoms with van der Waals surface area (Å²) in [5.41, 5.74) is 3.35. The lowest BCUT2D eigenvalue weighted by atomic mass is 10.0. The van der Waals surface area contributed by atoms with Crippen LogP contribution >= 0.6 is 27.5 Å². The lowest BCUT2D eigenvalue weighted by Gasteiger charge is -2.34. The van der Waals surface area contributed by atoms with Crippen molar-refractivity contribution >= 4 is 55.1 Å². The van der Waals surface area contributed by atoms with Crippen LogP contribution in [0.1, 0.15) is 42.5 Å². The van der Waals surface area contributed by atoms with Crippen molar-refractivity contribution < 1.29 is 18.0 Å². The van der Waals surface area contributed by atoms with Gasteiger partial charge in [0.15, 0.2) is 0 Å². The summed E-state index contributed by atoms with van der Waals surface area (Å²) in [6, 6.07) is 27.4. The number of carbonyl (C=O) groups excluding carboxylic acids is 2. The maximum atomic E-state index is 14.6. The third-order valence-corrected chi connectivity index (χ3v) is 10.6. The molecule has 0 bridgehead atoms. The molecule has 2 amide bonds. The molecule has 0 aromatic heterocycles. The number of anilines is 1. The van der Waals surface area contributed by atoms with E-state index in [0.717, 1.165) is 25.5 Å². The Balaban J connectivity index is 1.84. The molecule has 0 aliphatic carbocycles. The highest BCUT2D eigenvalue weighted by Crippen LogP contribution is 2.31. The van der Waals surface area contributed by atoms with Gasteiger partial charge in [0.1, 0.15) is 12.6 Å². The van der Waals surface area contributed by atoms with Crippen LogP contribution in [0.4, 0.5) is 5.69 Å². The number of nitrogens with zero attached hydrogens (tertiary/aromatic N) is 2. The van der Waals surface area contributed by atoms with Crippen LogP contribution in [0.25, 0.3) is 0 Å². The minimum Gasteiger partial charge on any atom is -0.352 e. The second-order valence-electron chi connectivity index (χ2n) is 11.4. The Kier molecular flexibility index (Phi) is 12.1. The molecule has 7 nitrogen and oxygen atoms in total. The van der Waals surface area contributed by atoms with Crippen molar-refractivity contribution in [3.63, 3.8) is 0 Å². The monoisotopic (exact) mass is 723 g/mol. The largest absolute Gasteiger partial charge is 0.352 e. The Morgan fingerprint density at radius 3 is 2.20 bits per heavy atom. The molecule has 0 saturated heterocycles. The Morgan fingerprint density at radius 2 is 1.54 bits per heavy atom. The number of hydrogen-bond acceptors (Lipinski definition) is 4. The van der Waals surface area contributed by atoms with Gasteiger partial charge in [0.05, 0.1) is 10.6 Å². The van der Waals surface area contributed by atoms with Gasteiger partial charge in [-0.3, -0.25) is 13.9 Å². The van der Waals surface area contributed by atoms with Crippen molar-refractivity contribution in [2.45, 2.75) is 64.1 Å². The third kappa shape index (κ3) is 8.78. The smallest absolute Gasteiger partial charge is 0.264 e. The van der Waals surface area contributed by atoms with Crippen molar-refractivity contribution in [1.82, 2.24) is 10.2 Å². The number of carbonyl (C=O) groups is 2. The summed E-state index contributed by atoms with van der Waals surface area (Å²) in [6.07, 6.45) is 0.948. The molecule has 2 atom stereocenters. The highest BCUT2D eigenvalue weighted by atomic mass is 79.9. The molecule has 4 rings (SSSR count). The number of benzene rings is 4. The minimum absolute atomic E-state index is 0.0409. The number of hydrogen-bond donors (Lipinski definition) is 1. The van der Waals surface area contributed by atoms with Gasteiger partial charge in [0.2, 0.25) is 11.8 Å². The van der Waals surface area contributed by atoms with Crippen LogP contribution < -0.4 is 9.62 Å². The summed E-state index contributed by atoms with van der Waals surface area (Å²) >= 11 is 9.98. The number of halogens is 2. The van der Waals surface area contributed by atoms with Crippen LogP contribution in [-0.2, 0) is 32.6 Å². The lowest BCUT2D eigenvalue weighted by Crippen LogP contribution is -2.54.